The minimum absolute atomic E-state index is 0.169. The summed E-state index contributed by atoms with van der Waals surface area (Å²) >= 11 is 0. The van der Waals surface area contributed by atoms with Crippen molar-refractivity contribution in [2.24, 2.45) is 11.8 Å². The van der Waals surface area contributed by atoms with Crippen LogP contribution in [0.3, 0.4) is 0 Å². The molecule has 2 atom stereocenters. The summed E-state index contributed by atoms with van der Waals surface area (Å²) in [6.45, 7) is 4.09. The lowest BCUT2D eigenvalue weighted by Gasteiger charge is -2.24. The molecule has 0 bridgehead atoms. The van der Waals surface area contributed by atoms with Crippen LogP contribution in [0.25, 0.3) is 0 Å². The van der Waals surface area contributed by atoms with Gasteiger partial charge in [0.2, 0.25) is 0 Å². The predicted molar refractivity (Wildman–Crippen MR) is 45.7 cm³/mol. The zero-order valence-electron chi connectivity index (χ0n) is 7.79. The summed E-state index contributed by atoms with van der Waals surface area (Å²) in [4.78, 5) is 22.4. The highest BCUT2D eigenvalue weighted by Gasteiger charge is 2.40. The van der Waals surface area contributed by atoms with Gasteiger partial charge in [-0.1, -0.05) is 13.8 Å². The molecule has 1 aliphatic carbocycles. The molecule has 0 saturated heterocycles. The molecule has 70 valence electrons. The van der Waals surface area contributed by atoms with E-state index in [-0.39, 0.29) is 5.92 Å². The highest BCUT2D eigenvalue weighted by Crippen LogP contribution is 2.38. The van der Waals surface area contributed by atoms with Crippen LogP contribution in [0.15, 0.2) is 11.1 Å². The normalized spacial score (nSPS) is 33.4. The molecule has 2 aliphatic rings. The molecule has 13 heavy (non-hydrogen) atoms. The largest absolute Gasteiger partial charge is 0.386 e. The zero-order chi connectivity index (χ0) is 9.59. The Morgan fingerprint density at radius 3 is 2.62 bits per heavy atom. The number of carbonyl (C=O) groups excluding carboxylic acids is 2. The van der Waals surface area contributed by atoms with Gasteiger partial charge in [0.1, 0.15) is 0 Å². The smallest absolute Gasteiger partial charge is 0.342 e. The maximum absolute atomic E-state index is 11.3. The first kappa shape index (κ1) is 8.48. The van der Waals surface area contributed by atoms with Crippen LogP contribution in [0.5, 0.6) is 0 Å². The van der Waals surface area contributed by atoms with E-state index in [1.54, 1.807) is 0 Å². The molecule has 0 aromatic carbocycles. The van der Waals surface area contributed by atoms with E-state index in [9.17, 15) is 9.59 Å². The number of hydrogen-bond acceptors (Lipinski definition) is 3. The summed E-state index contributed by atoms with van der Waals surface area (Å²) in [5.74, 6) is -0.197. The van der Waals surface area contributed by atoms with Crippen LogP contribution < -0.4 is 0 Å². The van der Waals surface area contributed by atoms with Crippen LogP contribution in [0, 0.1) is 11.8 Å². The number of rotatable bonds is 0. The van der Waals surface area contributed by atoms with Crippen molar-refractivity contribution in [3.05, 3.63) is 11.1 Å². The molecule has 0 fully saturated rings. The molecule has 2 unspecified atom stereocenters. The van der Waals surface area contributed by atoms with Gasteiger partial charge in [-0.05, 0) is 24.7 Å². The summed E-state index contributed by atoms with van der Waals surface area (Å²) in [7, 11) is 0. The van der Waals surface area contributed by atoms with Crippen LogP contribution in [0.1, 0.15) is 26.7 Å². The molecular weight excluding hydrogens is 168 g/mol. The topological polar surface area (TPSA) is 43.4 Å². The Balaban J connectivity index is 2.43. The second kappa shape index (κ2) is 2.69. The maximum atomic E-state index is 11.3. The standard InChI is InChI=1S/C10H12O3/c1-5-3-4-7-8(6(5)2)10(12)13-9(7)11/h5-6H,3-4H2,1-2H3. The first-order valence-electron chi connectivity index (χ1n) is 4.61. The average molecular weight is 180 g/mol. The predicted octanol–water partition coefficient (Wildman–Crippen LogP) is 1.43. The van der Waals surface area contributed by atoms with E-state index in [1.807, 2.05) is 6.92 Å². The quantitative estimate of drug-likeness (QED) is 0.418. The molecule has 0 aromatic heterocycles. The van der Waals surface area contributed by atoms with E-state index in [4.69, 9.17) is 0 Å². The first-order chi connectivity index (χ1) is 6.11. The van der Waals surface area contributed by atoms with Crippen LogP contribution in [-0.2, 0) is 14.3 Å². The Morgan fingerprint density at radius 1 is 1.23 bits per heavy atom. The lowest BCUT2D eigenvalue weighted by atomic mass is 9.78. The van der Waals surface area contributed by atoms with Gasteiger partial charge in [0.15, 0.2) is 0 Å². The summed E-state index contributed by atoms with van der Waals surface area (Å²) in [6, 6.07) is 0. The maximum Gasteiger partial charge on any atom is 0.342 e. The molecule has 3 nitrogen and oxygen atoms in total. The minimum atomic E-state index is -0.418. The third-order valence-corrected chi connectivity index (χ3v) is 3.14. The molecule has 2 rings (SSSR count). The third-order valence-electron chi connectivity index (χ3n) is 3.14. The van der Waals surface area contributed by atoms with Crippen molar-refractivity contribution in [1.29, 1.82) is 0 Å². The van der Waals surface area contributed by atoms with Crippen LogP contribution >= 0.6 is 0 Å². The fourth-order valence-electron chi connectivity index (χ4n) is 2.04. The monoisotopic (exact) mass is 180 g/mol. The highest BCUT2D eigenvalue weighted by atomic mass is 16.6. The van der Waals surface area contributed by atoms with Gasteiger partial charge in [0.25, 0.3) is 0 Å². The molecule has 0 amide bonds. The highest BCUT2D eigenvalue weighted by molar-refractivity contribution is 6.12. The van der Waals surface area contributed by atoms with Gasteiger partial charge in [-0.15, -0.1) is 0 Å². The summed E-state index contributed by atoms with van der Waals surface area (Å²) < 4.78 is 4.58. The number of hydrogen-bond donors (Lipinski definition) is 0. The second-order valence-electron chi connectivity index (χ2n) is 3.87. The van der Waals surface area contributed by atoms with Crippen molar-refractivity contribution in [3.63, 3.8) is 0 Å². The van der Waals surface area contributed by atoms with Crippen LogP contribution in [0.2, 0.25) is 0 Å². The second-order valence-corrected chi connectivity index (χ2v) is 3.87. The van der Waals surface area contributed by atoms with E-state index >= 15 is 0 Å². The first-order valence-corrected chi connectivity index (χ1v) is 4.61. The fraction of sp³-hybridized carbons (Fsp3) is 0.600. The van der Waals surface area contributed by atoms with Gasteiger partial charge in [0, 0.05) is 5.57 Å². The van der Waals surface area contributed by atoms with Gasteiger partial charge >= 0.3 is 11.9 Å². The molecule has 0 saturated carbocycles. The van der Waals surface area contributed by atoms with Gasteiger partial charge in [-0.3, -0.25) is 0 Å². The third kappa shape index (κ3) is 1.10. The van der Waals surface area contributed by atoms with Crippen LogP contribution in [-0.4, -0.2) is 11.9 Å². The van der Waals surface area contributed by atoms with Gasteiger partial charge in [0.05, 0.1) is 5.57 Å². The summed E-state index contributed by atoms with van der Waals surface area (Å²) in [5, 5.41) is 0. The molecule has 3 heteroatoms. The minimum Gasteiger partial charge on any atom is -0.386 e. The summed E-state index contributed by atoms with van der Waals surface area (Å²) in [6.07, 6.45) is 1.67. The van der Waals surface area contributed by atoms with Crippen molar-refractivity contribution >= 4 is 11.9 Å². The Kier molecular flexibility index (Phi) is 1.75. The van der Waals surface area contributed by atoms with Crippen molar-refractivity contribution in [1.82, 2.24) is 0 Å². The average Bonchev–Trinajstić information content (AvgIpc) is 2.35. The molecular formula is C10H12O3. The molecule has 0 aromatic rings. The van der Waals surface area contributed by atoms with Gasteiger partial charge in [-0.2, -0.15) is 0 Å². The van der Waals surface area contributed by atoms with E-state index in [1.165, 1.54) is 0 Å². The lowest BCUT2D eigenvalue weighted by molar-refractivity contribution is -0.151. The molecule has 1 aliphatic heterocycles. The number of cyclic esters (lactones) is 2. The molecule has 1 heterocycles. The summed E-state index contributed by atoms with van der Waals surface area (Å²) in [5.41, 5.74) is 1.25. The molecule has 0 N–H and O–H groups in total. The Labute approximate surface area is 76.8 Å². The Bertz CT molecular complexity index is 314. The van der Waals surface area contributed by atoms with Gasteiger partial charge in [-0.25, -0.2) is 9.59 Å². The van der Waals surface area contributed by atoms with Gasteiger partial charge < -0.3 is 4.74 Å². The van der Waals surface area contributed by atoms with Crippen LogP contribution in [0.4, 0.5) is 0 Å². The van der Waals surface area contributed by atoms with E-state index in [2.05, 4.69) is 11.7 Å². The van der Waals surface area contributed by atoms with Crippen molar-refractivity contribution in [2.45, 2.75) is 26.7 Å². The van der Waals surface area contributed by atoms with E-state index in [0.29, 0.717) is 23.5 Å². The van der Waals surface area contributed by atoms with Crippen molar-refractivity contribution in [2.75, 3.05) is 0 Å². The Morgan fingerprint density at radius 2 is 1.92 bits per heavy atom. The number of ether oxygens (including phenoxy) is 1. The van der Waals surface area contributed by atoms with Crippen molar-refractivity contribution < 1.29 is 14.3 Å². The Hall–Kier alpha value is -1.12. The molecule has 0 spiro atoms. The zero-order valence-corrected chi connectivity index (χ0v) is 7.79. The van der Waals surface area contributed by atoms with Crippen molar-refractivity contribution in [3.8, 4) is 0 Å². The fourth-order valence-corrected chi connectivity index (χ4v) is 2.04. The molecule has 0 radical (unpaired) electrons. The number of carbonyl (C=O) groups is 2. The van der Waals surface area contributed by atoms with E-state index in [0.717, 1.165) is 6.42 Å². The van der Waals surface area contributed by atoms with E-state index < -0.39 is 11.9 Å². The SMILES string of the molecule is CC1CCC2=C(C(=O)OC2=O)C1C. The lowest BCUT2D eigenvalue weighted by Crippen LogP contribution is -2.19. The number of esters is 2.